The lowest BCUT2D eigenvalue weighted by Crippen LogP contribution is -2.36. The number of alkyl halides is 3. The van der Waals surface area contributed by atoms with Crippen molar-refractivity contribution < 1.29 is 22.6 Å². The monoisotopic (exact) mass is 365 g/mol. The Morgan fingerprint density at radius 1 is 1.00 bits per heavy atom. The van der Waals surface area contributed by atoms with Gasteiger partial charge in [-0.3, -0.25) is 4.90 Å². The average Bonchev–Trinajstić information content (AvgIpc) is 2.62. The molecule has 3 nitrogen and oxygen atoms in total. The molecular weight excluding hydrogens is 343 g/mol. The van der Waals surface area contributed by atoms with E-state index >= 15 is 0 Å². The van der Waals surface area contributed by atoms with Crippen molar-refractivity contribution in [3.63, 3.8) is 0 Å². The minimum atomic E-state index is -4.38. The lowest BCUT2D eigenvalue weighted by atomic mass is 10.1. The van der Waals surface area contributed by atoms with Crippen molar-refractivity contribution in [1.82, 2.24) is 4.90 Å². The highest BCUT2D eigenvalue weighted by Gasteiger charge is 2.30. The van der Waals surface area contributed by atoms with Crippen LogP contribution in [0.4, 0.5) is 13.2 Å². The fourth-order valence-electron chi connectivity index (χ4n) is 3.14. The topological polar surface area (TPSA) is 21.7 Å². The Morgan fingerprint density at radius 3 is 2.31 bits per heavy atom. The summed E-state index contributed by atoms with van der Waals surface area (Å²) in [6, 6.07) is 12.4. The highest BCUT2D eigenvalue weighted by molar-refractivity contribution is 5.36. The SMILES string of the molecule is COC1CCN(Cc2cccc(Oc3cccc(C(F)(F)F)c3)c2)CC1. The average molecular weight is 365 g/mol. The van der Waals surface area contributed by atoms with Crippen LogP contribution in [-0.2, 0) is 17.5 Å². The maximum Gasteiger partial charge on any atom is 0.416 e. The molecule has 26 heavy (non-hydrogen) atoms. The van der Waals surface area contributed by atoms with Crippen LogP contribution in [0.3, 0.4) is 0 Å². The van der Waals surface area contributed by atoms with Crippen LogP contribution in [0.25, 0.3) is 0 Å². The summed E-state index contributed by atoms with van der Waals surface area (Å²) in [4.78, 5) is 2.35. The maximum atomic E-state index is 12.8. The van der Waals surface area contributed by atoms with Gasteiger partial charge >= 0.3 is 6.18 Å². The van der Waals surface area contributed by atoms with Gasteiger partial charge in [-0.25, -0.2) is 0 Å². The van der Waals surface area contributed by atoms with Crippen molar-refractivity contribution in [2.24, 2.45) is 0 Å². The van der Waals surface area contributed by atoms with Gasteiger partial charge in [0.15, 0.2) is 0 Å². The van der Waals surface area contributed by atoms with E-state index in [4.69, 9.17) is 9.47 Å². The van der Waals surface area contributed by atoms with Gasteiger partial charge in [-0.1, -0.05) is 18.2 Å². The minimum Gasteiger partial charge on any atom is -0.457 e. The maximum absolute atomic E-state index is 12.8. The quantitative estimate of drug-likeness (QED) is 0.735. The zero-order chi connectivity index (χ0) is 18.6. The van der Waals surface area contributed by atoms with Crippen LogP contribution in [-0.4, -0.2) is 31.2 Å². The van der Waals surface area contributed by atoms with Gasteiger partial charge < -0.3 is 9.47 Å². The van der Waals surface area contributed by atoms with Crippen LogP contribution >= 0.6 is 0 Å². The van der Waals surface area contributed by atoms with Gasteiger partial charge in [-0.2, -0.15) is 13.2 Å². The number of methoxy groups -OCH3 is 1. The molecule has 3 rings (SSSR count). The second kappa shape index (κ2) is 8.10. The molecule has 2 aromatic carbocycles. The molecule has 2 aromatic rings. The van der Waals surface area contributed by atoms with Crippen molar-refractivity contribution in [1.29, 1.82) is 0 Å². The summed E-state index contributed by atoms with van der Waals surface area (Å²) in [6.07, 6.45) is -2.02. The molecule has 1 fully saturated rings. The van der Waals surface area contributed by atoms with E-state index in [1.807, 2.05) is 18.2 Å². The number of hydrogen-bond acceptors (Lipinski definition) is 3. The van der Waals surface area contributed by atoms with Crippen LogP contribution < -0.4 is 4.74 Å². The number of halogens is 3. The Morgan fingerprint density at radius 2 is 1.65 bits per heavy atom. The summed E-state index contributed by atoms with van der Waals surface area (Å²) < 4.78 is 49.5. The first-order valence-corrected chi connectivity index (χ1v) is 8.63. The van der Waals surface area contributed by atoms with Crippen LogP contribution in [0, 0.1) is 0 Å². The summed E-state index contributed by atoms with van der Waals surface area (Å²) >= 11 is 0. The molecule has 1 heterocycles. The highest BCUT2D eigenvalue weighted by atomic mass is 19.4. The van der Waals surface area contributed by atoms with E-state index in [1.54, 1.807) is 13.2 Å². The van der Waals surface area contributed by atoms with Gasteiger partial charge in [0.05, 0.1) is 11.7 Å². The Labute approximate surface area is 151 Å². The largest absolute Gasteiger partial charge is 0.457 e. The van der Waals surface area contributed by atoms with E-state index in [0.717, 1.165) is 50.2 Å². The van der Waals surface area contributed by atoms with Crippen molar-refractivity contribution in [3.05, 3.63) is 59.7 Å². The molecule has 1 aliphatic rings. The molecule has 0 unspecified atom stereocenters. The van der Waals surface area contributed by atoms with Crippen LogP contribution in [0.15, 0.2) is 48.5 Å². The molecule has 0 bridgehead atoms. The third-order valence-corrected chi connectivity index (χ3v) is 4.57. The third kappa shape index (κ3) is 4.99. The summed E-state index contributed by atoms with van der Waals surface area (Å²) in [7, 11) is 1.74. The van der Waals surface area contributed by atoms with Crippen molar-refractivity contribution in [3.8, 4) is 11.5 Å². The van der Waals surface area contributed by atoms with Crippen LogP contribution in [0.5, 0.6) is 11.5 Å². The molecule has 140 valence electrons. The molecule has 0 N–H and O–H groups in total. The molecule has 0 saturated carbocycles. The summed E-state index contributed by atoms with van der Waals surface area (Å²) in [5, 5.41) is 0. The zero-order valence-corrected chi connectivity index (χ0v) is 14.6. The van der Waals surface area contributed by atoms with Gasteiger partial charge in [0, 0.05) is 26.7 Å². The number of rotatable bonds is 5. The van der Waals surface area contributed by atoms with E-state index in [-0.39, 0.29) is 5.75 Å². The van der Waals surface area contributed by atoms with E-state index in [1.165, 1.54) is 12.1 Å². The molecule has 1 saturated heterocycles. The predicted molar refractivity (Wildman–Crippen MR) is 93.3 cm³/mol. The van der Waals surface area contributed by atoms with E-state index in [9.17, 15) is 13.2 Å². The standard InChI is InChI=1S/C20H22F3NO2/c1-25-17-8-10-24(11-9-17)14-15-4-2-6-18(12-15)26-19-7-3-5-16(13-19)20(21,22)23/h2-7,12-13,17H,8-11,14H2,1H3. The summed E-state index contributed by atoms with van der Waals surface area (Å²) in [5.74, 6) is 0.714. The number of benzene rings is 2. The Bertz CT molecular complexity index is 725. The third-order valence-electron chi connectivity index (χ3n) is 4.57. The first-order valence-electron chi connectivity index (χ1n) is 8.63. The summed E-state index contributed by atoms with van der Waals surface area (Å²) in [5.41, 5.74) is 0.359. The minimum absolute atomic E-state index is 0.179. The molecule has 0 spiro atoms. The second-order valence-corrected chi connectivity index (χ2v) is 6.49. The lowest BCUT2D eigenvalue weighted by molar-refractivity contribution is -0.137. The smallest absolute Gasteiger partial charge is 0.416 e. The van der Waals surface area contributed by atoms with E-state index < -0.39 is 11.7 Å². The Hall–Kier alpha value is -2.05. The van der Waals surface area contributed by atoms with E-state index in [2.05, 4.69) is 4.90 Å². The second-order valence-electron chi connectivity index (χ2n) is 6.49. The number of ether oxygens (including phenoxy) is 2. The van der Waals surface area contributed by atoms with Gasteiger partial charge in [-0.05, 0) is 48.7 Å². The normalized spacial score (nSPS) is 16.6. The van der Waals surface area contributed by atoms with Crippen molar-refractivity contribution in [2.45, 2.75) is 31.7 Å². The fraction of sp³-hybridized carbons (Fsp3) is 0.400. The van der Waals surface area contributed by atoms with Gasteiger partial charge in [0.1, 0.15) is 11.5 Å². The van der Waals surface area contributed by atoms with Gasteiger partial charge in [-0.15, -0.1) is 0 Å². The zero-order valence-electron chi connectivity index (χ0n) is 14.6. The number of nitrogens with zero attached hydrogens (tertiary/aromatic N) is 1. The number of likely N-dealkylation sites (tertiary alicyclic amines) is 1. The van der Waals surface area contributed by atoms with Crippen LogP contribution in [0.2, 0.25) is 0 Å². The first kappa shape index (κ1) is 18.7. The molecule has 0 aromatic heterocycles. The van der Waals surface area contributed by atoms with Crippen molar-refractivity contribution in [2.75, 3.05) is 20.2 Å². The van der Waals surface area contributed by atoms with Gasteiger partial charge in [0.2, 0.25) is 0 Å². The molecule has 0 aliphatic carbocycles. The fourth-order valence-corrected chi connectivity index (χ4v) is 3.14. The lowest BCUT2D eigenvalue weighted by Gasteiger charge is -2.31. The van der Waals surface area contributed by atoms with E-state index in [0.29, 0.717) is 11.9 Å². The predicted octanol–water partition coefficient (Wildman–Crippen LogP) is 5.11. The molecule has 0 radical (unpaired) electrons. The molecule has 1 aliphatic heterocycles. The highest BCUT2D eigenvalue weighted by Crippen LogP contribution is 2.32. The van der Waals surface area contributed by atoms with Gasteiger partial charge in [0.25, 0.3) is 0 Å². The van der Waals surface area contributed by atoms with Crippen molar-refractivity contribution >= 4 is 0 Å². The summed E-state index contributed by atoms with van der Waals surface area (Å²) in [6.45, 7) is 2.73. The molecule has 0 amide bonds. The molecular formula is C20H22F3NO2. The van der Waals surface area contributed by atoms with Crippen LogP contribution in [0.1, 0.15) is 24.0 Å². The molecule has 0 atom stereocenters. The number of piperidine rings is 1. The molecule has 6 heteroatoms. The Kier molecular flexibility index (Phi) is 5.84. The first-order chi connectivity index (χ1) is 12.4. The number of hydrogen-bond donors (Lipinski definition) is 0. The Balaban J connectivity index is 1.65.